The Balaban J connectivity index is 1.99. The maximum absolute atomic E-state index is 12.4. The highest BCUT2D eigenvalue weighted by Crippen LogP contribution is 2.26. The maximum Gasteiger partial charge on any atom is 0.255 e. The molecule has 2 amide bonds. The van der Waals surface area contributed by atoms with Gasteiger partial charge in [0.1, 0.15) is 5.75 Å². The highest BCUT2D eigenvalue weighted by molar-refractivity contribution is 9.10. The number of amides is 2. The zero-order valence-corrected chi connectivity index (χ0v) is 16.7. The van der Waals surface area contributed by atoms with Crippen molar-refractivity contribution in [1.29, 1.82) is 0 Å². The molecule has 26 heavy (non-hydrogen) atoms. The van der Waals surface area contributed by atoms with Crippen LogP contribution in [0.15, 0.2) is 46.9 Å². The normalized spacial score (nSPS) is 10.5. The molecule has 0 heterocycles. The Kier molecular flexibility index (Phi) is 7.21. The number of carbonyl (C=O) groups is 2. The minimum Gasteiger partial charge on any atom is -0.493 e. The van der Waals surface area contributed by atoms with E-state index >= 15 is 0 Å². The van der Waals surface area contributed by atoms with Crippen LogP contribution in [0.5, 0.6) is 5.75 Å². The summed E-state index contributed by atoms with van der Waals surface area (Å²) in [7, 11) is 0. The predicted molar refractivity (Wildman–Crippen MR) is 108 cm³/mol. The Labute approximate surface area is 162 Å². The first-order valence-corrected chi connectivity index (χ1v) is 9.32. The van der Waals surface area contributed by atoms with Crippen molar-refractivity contribution in [3.05, 3.63) is 52.5 Å². The highest BCUT2D eigenvalue weighted by Gasteiger charge is 2.10. The molecule has 2 N–H and O–H groups in total. The molecular formula is C20H23BrN2O3. The van der Waals surface area contributed by atoms with Crippen molar-refractivity contribution in [2.24, 2.45) is 5.92 Å². The quantitative estimate of drug-likeness (QED) is 0.658. The molecule has 2 aromatic carbocycles. The number of ether oxygens (including phenoxy) is 1. The van der Waals surface area contributed by atoms with Gasteiger partial charge in [0.25, 0.3) is 5.91 Å². The number of anilines is 2. The van der Waals surface area contributed by atoms with E-state index in [-0.39, 0.29) is 11.8 Å². The van der Waals surface area contributed by atoms with E-state index in [1.807, 2.05) is 20.8 Å². The smallest absolute Gasteiger partial charge is 0.255 e. The van der Waals surface area contributed by atoms with Crippen molar-refractivity contribution in [2.75, 3.05) is 17.2 Å². The van der Waals surface area contributed by atoms with E-state index in [1.54, 1.807) is 42.5 Å². The summed E-state index contributed by atoms with van der Waals surface area (Å²) in [5, 5.41) is 5.68. The molecule has 5 nitrogen and oxygen atoms in total. The number of rotatable bonds is 7. The second-order valence-corrected chi connectivity index (χ2v) is 7.11. The lowest BCUT2D eigenvalue weighted by Crippen LogP contribution is -2.14. The third-order valence-electron chi connectivity index (χ3n) is 3.51. The van der Waals surface area contributed by atoms with Gasteiger partial charge in [0, 0.05) is 23.4 Å². The summed E-state index contributed by atoms with van der Waals surface area (Å²) < 4.78 is 6.18. The number of halogens is 1. The van der Waals surface area contributed by atoms with Crippen molar-refractivity contribution in [2.45, 2.75) is 27.2 Å². The standard InChI is InChI=1S/C20H23BrN2O3/c1-4-26-18-10-5-14(12-17(18)21)20(25)23-16-8-6-15(7-9-16)22-19(24)11-13(2)3/h5-10,12-13H,4,11H2,1-3H3,(H,22,24)(H,23,25). The number of carbonyl (C=O) groups excluding carboxylic acids is 2. The Morgan fingerprint density at radius 3 is 2.19 bits per heavy atom. The van der Waals surface area contributed by atoms with E-state index in [9.17, 15) is 9.59 Å². The molecule has 0 unspecified atom stereocenters. The fourth-order valence-corrected chi connectivity index (χ4v) is 2.83. The first-order valence-electron chi connectivity index (χ1n) is 8.52. The molecule has 2 aromatic rings. The molecule has 0 aromatic heterocycles. The van der Waals surface area contributed by atoms with Crippen LogP contribution in [0, 0.1) is 5.92 Å². The van der Waals surface area contributed by atoms with Gasteiger partial charge in [-0.3, -0.25) is 9.59 Å². The summed E-state index contributed by atoms with van der Waals surface area (Å²) >= 11 is 3.41. The van der Waals surface area contributed by atoms with E-state index in [0.29, 0.717) is 41.6 Å². The molecule has 6 heteroatoms. The maximum atomic E-state index is 12.4. The van der Waals surface area contributed by atoms with Gasteiger partial charge < -0.3 is 15.4 Å². The SMILES string of the molecule is CCOc1ccc(C(=O)Nc2ccc(NC(=O)CC(C)C)cc2)cc1Br. The zero-order chi connectivity index (χ0) is 19.1. The largest absolute Gasteiger partial charge is 0.493 e. The average molecular weight is 419 g/mol. The molecule has 0 saturated heterocycles. The molecule has 0 saturated carbocycles. The summed E-state index contributed by atoms with van der Waals surface area (Å²) in [6.07, 6.45) is 0.477. The number of benzene rings is 2. The molecule has 0 radical (unpaired) electrons. The van der Waals surface area contributed by atoms with E-state index in [0.717, 1.165) is 4.47 Å². The van der Waals surface area contributed by atoms with Crippen molar-refractivity contribution in [1.82, 2.24) is 0 Å². The van der Waals surface area contributed by atoms with Gasteiger partial charge in [-0.15, -0.1) is 0 Å². The topological polar surface area (TPSA) is 67.4 Å². The minimum absolute atomic E-state index is 0.0176. The van der Waals surface area contributed by atoms with Crippen LogP contribution in [-0.4, -0.2) is 18.4 Å². The Morgan fingerprint density at radius 2 is 1.65 bits per heavy atom. The first-order chi connectivity index (χ1) is 12.4. The van der Waals surface area contributed by atoms with Crippen LogP contribution in [0.3, 0.4) is 0 Å². The fraction of sp³-hybridized carbons (Fsp3) is 0.300. The number of nitrogens with one attached hydrogen (secondary N) is 2. The van der Waals surface area contributed by atoms with E-state index in [4.69, 9.17) is 4.74 Å². The van der Waals surface area contributed by atoms with Gasteiger partial charge in [-0.25, -0.2) is 0 Å². The molecule has 0 spiro atoms. The van der Waals surface area contributed by atoms with Crippen molar-refractivity contribution in [3.8, 4) is 5.75 Å². The van der Waals surface area contributed by atoms with E-state index < -0.39 is 0 Å². The molecule has 0 aliphatic heterocycles. The van der Waals surface area contributed by atoms with Crippen LogP contribution < -0.4 is 15.4 Å². The van der Waals surface area contributed by atoms with Crippen molar-refractivity contribution < 1.29 is 14.3 Å². The second-order valence-electron chi connectivity index (χ2n) is 6.26. The Bertz CT molecular complexity index is 773. The van der Waals surface area contributed by atoms with Gasteiger partial charge in [0.05, 0.1) is 11.1 Å². The van der Waals surface area contributed by atoms with Gasteiger partial charge in [0.2, 0.25) is 5.91 Å². The highest BCUT2D eigenvalue weighted by atomic mass is 79.9. The molecule has 0 bridgehead atoms. The van der Waals surface area contributed by atoms with Gasteiger partial charge >= 0.3 is 0 Å². The van der Waals surface area contributed by atoms with Crippen molar-refractivity contribution >= 4 is 39.1 Å². The molecule has 0 atom stereocenters. The molecule has 0 aliphatic rings. The molecule has 138 valence electrons. The fourth-order valence-electron chi connectivity index (χ4n) is 2.34. The first kappa shape index (κ1) is 20.0. The second kappa shape index (κ2) is 9.38. The van der Waals surface area contributed by atoms with Gasteiger partial charge in [-0.1, -0.05) is 13.8 Å². The lowest BCUT2D eigenvalue weighted by Gasteiger charge is -2.10. The third kappa shape index (κ3) is 5.88. The lowest BCUT2D eigenvalue weighted by molar-refractivity contribution is -0.116. The lowest BCUT2D eigenvalue weighted by atomic mass is 10.1. The Morgan fingerprint density at radius 1 is 1.04 bits per heavy atom. The molecule has 2 rings (SSSR count). The predicted octanol–water partition coefficient (Wildman–Crippen LogP) is 5.08. The summed E-state index contributed by atoms with van der Waals surface area (Å²) in [4.78, 5) is 24.2. The minimum atomic E-state index is -0.217. The Hall–Kier alpha value is -2.34. The number of hydrogen-bond donors (Lipinski definition) is 2. The zero-order valence-electron chi connectivity index (χ0n) is 15.1. The van der Waals surface area contributed by atoms with Crippen LogP contribution >= 0.6 is 15.9 Å². The van der Waals surface area contributed by atoms with Crippen LogP contribution in [-0.2, 0) is 4.79 Å². The van der Waals surface area contributed by atoms with Gasteiger partial charge in [-0.2, -0.15) is 0 Å². The van der Waals surface area contributed by atoms with E-state index in [2.05, 4.69) is 26.6 Å². The molecular weight excluding hydrogens is 396 g/mol. The monoisotopic (exact) mass is 418 g/mol. The summed E-state index contributed by atoms with van der Waals surface area (Å²) in [5.41, 5.74) is 1.88. The van der Waals surface area contributed by atoms with Crippen LogP contribution in [0.4, 0.5) is 11.4 Å². The van der Waals surface area contributed by atoms with E-state index in [1.165, 1.54) is 0 Å². The van der Waals surface area contributed by atoms with Crippen LogP contribution in [0.2, 0.25) is 0 Å². The average Bonchev–Trinajstić information content (AvgIpc) is 2.57. The number of hydrogen-bond acceptors (Lipinski definition) is 3. The summed E-state index contributed by atoms with van der Waals surface area (Å²) in [5.74, 6) is 0.772. The van der Waals surface area contributed by atoms with Crippen molar-refractivity contribution in [3.63, 3.8) is 0 Å². The summed E-state index contributed by atoms with van der Waals surface area (Å²) in [6, 6.07) is 12.2. The third-order valence-corrected chi connectivity index (χ3v) is 4.13. The molecule has 0 fully saturated rings. The van der Waals surface area contributed by atoms with Gasteiger partial charge in [-0.05, 0) is 71.2 Å². The molecule has 0 aliphatic carbocycles. The summed E-state index contributed by atoms with van der Waals surface area (Å²) in [6.45, 7) is 6.46. The van der Waals surface area contributed by atoms with Gasteiger partial charge in [0.15, 0.2) is 0 Å². The van der Waals surface area contributed by atoms with Crippen LogP contribution in [0.1, 0.15) is 37.6 Å². The van der Waals surface area contributed by atoms with Crippen LogP contribution in [0.25, 0.3) is 0 Å².